The Morgan fingerprint density at radius 1 is 1.60 bits per heavy atom. The second-order valence-electron chi connectivity index (χ2n) is 3.19. The lowest BCUT2D eigenvalue weighted by molar-refractivity contribution is 0.0941. The number of hydrogen-bond donors (Lipinski definition) is 3. The lowest BCUT2D eigenvalue weighted by Gasteiger charge is -1.98. The Morgan fingerprint density at radius 2 is 2.40 bits per heavy atom. The molecule has 0 aromatic carbocycles. The van der Waals surface area contributed by atoms with E-state index in [-0.39, 0.29) is 18.3 Å². The van der Waals surface area contributed by atoms with E-state index in [1.807, 2.05) is 6.92 Å². The van der Waals surface area contributed by atoms with Gasteiger partial charge in [-0.25, -0.2) is 4.98 Å². The van der Waals surface area contributed by atoms with Crippen LogP contribution in [-0.2, 0) is 6.42 Å². The molecular formula is C9H16N4O2. The van der Waals surface area contributed by atoms with Crippen molar-refractivity contribution in [1.82, 2.24) is 20.5 Å². The summed E-state index contributed by atoms with van der Waals surface area (Å²) >= 11 is 0. The fraction of sp³-hybridized carbons (Fsp3) is 0.667. The molecular weight excluding hydrogens is 196 g/mol. The standard InChI is InChI=1S/C9H16N4O2/c1-2-4-7-11-8(13-12-7)9(15)10-5-3-6-14/h14H,2-6H2,1H3,(H,10,15)(H,11,12,13). The summed E-state index contributed by atoms with van der Waals surface area (Å²) in [6.45, 7) is 2.53. The number of aliphatic hydroxyl groups is 1. The molecule has 3 N–H and O–H groups in total. The van der Waals surface area contributed by atoms with Crippen LogP contribution in [0.5, 0.6) is 0 Å². The van der Waals surface area contributed by atoms with Crippen molar-refractivity contribution in [2.45, 2.75) is 26.2 Å². The molecule has 0 fully saturated rings. The van der Waals surface area contributed by atoms with Gasteiger partial charge in [0.1, 0.15) is 5.82 Å². The van der Waals surface area contributed by atoms with Crippen LogP contribution in [-0.4, -0.2) is 39.3 Å². The summed E-state index contributed by atoms with van der Waals surface area (Å²) in [6.07, 6.45) is 2.29. The Balaban J connectivity index is 2.43. The number of aryl methyl sites for hydroxylation is 1. The van der Waals surface area contributed by atoms with E-state index in [2.05, 4.69) is 20.5 Å². The largest absolute Gasteiger partial charge is 0.396 e. The summed E-state index contributed by atoms with van der Waals surface area (Å²) < 4.78 is 0. The molecule has 1 aromatic rings. The van der Waals surface area contributed by atoms with E-state index in [9.17, 15) is 4.79 Å². The SMILES string of the molecule is CCCc1nc(C(=O)NCCCO)n[nH]1. The fourth-order valence-corrected chi connectivity index (χ4v) is 1.11. The van der Waals surface area contributed by atoms with Crippen LogP contribution in [0.25, 0.3) is 0 Å². The van der Waals surface area contributed by atoms with Gasteiger partial charge in [-0.15, -0.1) is 5.10 Å². The maximum atomic E-state index is 11.4. The second kappa shape index (κ2) is 6.13. The van der Waals surface area contributed by atoms with Gasteiger partial charge < -0.3 is 10.4 Å². The molecule has 0 aliphatic carbocycles. The fourth-order valence-electron chi connectivity index (χ4n) is 1.11. The van der Waals surface area contributed by atoms with E-state index in [1.165, 1.54) is 0 Å². The average Bonchev–Trinajstić information content (AvgIpc) is 2.67. The van der Waals surface area contributed by atoms with Gasteiger partial charge in [0.15, 0.2) is 0 Å². The van der Waals surface area contributed by atoms with Gasteiger partial charge in [0, 0.05) is 19.6 Å². The molecule has 0 saturated carbocycles. The van der Waals surface area contributed by atoms with Crippen molar-refractivity contribution in [2.75, 3.05) is 13.2 Å². The van der Waals surface area contributed by atoms with E-state index < -0.39 is 0 Å². The smallest absolute Gasteiger partial charge is 0.290 e. The first-order valence-corrected chi connectivity index (χ1v) is 5.08. The number of hydrogen-bond acceptors (Lipinski definition) is 4. The molecule has 1 rings (SSSR count). The number of aliphatic hydroxyl groups excluding tert-OH is 1. The van der Waals surface area contributed by atoms with Gasteiger partial charge in [-0.2, -0.15) is 0 Å². The van der Waals surface area contributed by atoms with Gasteiger partial charge in [0.05, 0.1) is 0 Å². The van der Waals surface area contributed by atoms with Crippen LogP contribution >= 0.6 is 0 Å². The topological polar surface area (TPSA) is 90.9 Å². The summed E-state index contributed by atoms with van der Waals surface area (Å²) in [5.74, 6) is 0.586. The molecule has 1 heterocycles. The van der Waals surface area contributed by atoms with Gasteiger partial charge in [0.25, 0.3) is 5.91 Å². The monoisotopic (exact) mass is 212 g/mol. The van der Waals surface area contributed by atoms with Crippen molar-refractivity contribution in [3.05, 3.63) is 11.6 Å². The number of H-pyrrole nitrogens is 1. The number of nitrogens with zero attached hydrogens (tertiary/aromatic N) is 2. The zero-order valence-electron chi connectivity index (χ0n) is 8.79. The van der Waals surface area contributed by atoms with Crippen LogP contribution in [0.2, 0.25) is 0 Å². The van der Waals surface area contributed by atoms with Crippen LogP contribution in [0.3, 0.4) is 0 Å². The number of rotatable bonds is 6. The number of aromatic amines is 1. The number of nitrogens with one attached hydrogen (secondary N) is 2. The van der Waals surface area contributed by atoms with Crippen LogP contribution < -0.4 is 5.32 Å². The lowest BCUT2D eigenvalue weighted by atomic mass is 10.3. The van der Waals surface area contributed by atoms with Crippen molar-refractivity contribution in [2.24, 2.45) is 0 Å². The van der Waals surface area contributed by atoms with Crippen molar-refractivity contribution >= 4 is 5.91 Å². The van der Waals surface area contributed by atoms with E-state index in [0.717, 1.165) is 18.7 Å². The summed E-state index contributed by atoms with van der Waals surface area (Å²) in [5.41, 5.74) is 0. The predicted octanol–water partition coefficient (Wildman–Crippen LogP) is -0.131. The second-order valence-corrected chi connectivity index (χ2v) is 3.19. The van der Waals surface area contributed by atoms with Gasteiger partial charge >= 0.3 is 0 Å². The first kappa shape index (κ1) is 11.6. The third-order valence-electron chi connectivity index (χ3n) is 1.84. The summed E-state index contributed by atoms with van der Waals surface area (Å²) in [6, 6.07) is 0. The number of aromatic nitrogens is 3. The van der Waals surface area contributed by atoms with Gasteiger partial charge in [-0.05, 0) is 12.8 Å². The Labute approximate surface area is 88.1 Å². The van der Waals surface area contributed by atoms with Crippen molar-refractivity contribution in [3.63, 3.8) is 0 Å². The van der Waals surface area contributed by atoms with Crippen molar-refractivity contribution in [3.8, 4) is 0 Å². The van der Waals surface area contributed by atoms with E-state index in [0.29, 0.717) is 13.0 Å². The molecule has 6 nitrogen and oxygen atoms in total. The van der Waals surface area contributed by atoms with Gasteiger partial charge in [-0.1, -0.05) is 6.92 Å². The summed E-state index contributed by atoms with van der Waals surface area (Å²) in [7, 11) is 0. The Morgan fingerprint density at radius 3 is 3.07 bits per heavy atom. The molecule has 0 aliphatic rings. The highest BCUT2D eigenvalue weighted by atomic mass is 16.3. The molecule has 0 unspecified atom stereocenters. The zero-order valence-corrected chi connectivity index (χ0v) is 8.79. The molecule has 0 spiro atoms. The van der Waals surface area contributed by atoms with Crippen molar-refractivity contribution < 1.29 is 9.90 Å². The van der Waals surface area contributed by atoms with Gasteiger partial charge in [-0.3, -0.25) is 9.89 Å². The minimum Gasteiger partial charge on any atom is -0.396 e. The minimum absolute atomic E-state index is 0.0648. The molecule has 6 heteroatoms. The number of amides is 1. The highest BCUT2D eigenvalue weighted by Gasteiger charge is 2.10. The normalized spacial score (nSPS) is 10.3. The average molecular weight is 212 g/mol. The number of carbonyl (C=O) groups is 1. The highest BCUT2D eigenvalue weighted by Crippen LogP contribution is 1.96. The summed E-state index contributed by atoms with van der Waals surface area (Å²) in [5, 5.41) is 17.7. The zero-order chi connectivity index (χ0) is 11.1. The third kappa shape index (κ3) is 3.67. The van der Waals surface area contributed by atoms with Crippen LogP contribution in [0.4, 0.5) is 0 Å². The molecule has 0 bridgehead atoms. The van der Waals surface area contributed by atoms with Crippen LogP contribution in [0.1, 0.15) is 36.2 Å². The maximum Gasteiger partial charge on any atom is 0.290 e. The van der Waals surface area contributed by atoms with E-state index >= 15 is 0 Å². The molecule has 1 aromatic heterocycles. The molecule has 15 heavy (non-hydrogen) atoms. The quantitative estimate of drug-likeness (QED) is 0.573. The van der Waals surface area contributed by atoms with E-state index in [4.69, 9.17) is 5.11 Å². The van der Waals surface area contributed by atoms with E-state index in [1.54, 1.807) is 0 Å². The maximum absolute atomic E-state index is 11.4. The van der Waals surface area contributed by atoms with Crippen LogP contribution in [0.15, 0.2) is 0 Å². The van der Waals surface area contributed by atoms with Crippen molar-refractivity contribution in [1.29, 1.82) is 0 Å². The van der Waals surface area contributed by atoms with Gasteiger partial charge in [0.2, 0.25) is 5.82 Å². The van der Waals surface area contributed by atoms with Crippen LogP contribution in [0, 0.1) is 0 Å². The highest BCUT2D eigenvalue weighted by molar-refractivity contribution is 5.90. The molecule has 0 saturated heterocycles. The Bertz CT molecular complexity index is 311. The Kier molecular flexibility index (Phi) is 4.76. The number of carbonyl (C=O) groups excluding carboxylic acids is 1. The molecule has 0 radical (unpaired) electrons. The first-order valence-electron chi connectivity index (χ1n) is 5.08. The third-order valence-corrected chi connectivity index (χ3v) is 1.84. The summed E-state index contributed by atoms with van der Waals surface area (Å²) in [4.78, 5) is 15.4. The molecule has 0 aliphatic heterocycles. The molecule has 0 atom stereocenters. The minimum atomic E-state index is -0.304. The first-order chi connectivity index (χ1) is 7.27. The molecule has 84 valence electrons. The Hall–Kier alpha value is -1.43. The molecule has 1 amide bonds. The predicted molar refractivity (Wildman–Crippen MR) is 54.4 cm³/mol. The lowest BCUT2D eigenvalue weighted by Crippen LogP contribution is -2.26.